The Kier molecular flexibility index (Phi) is 4.01. The molecule has 4 aliphatic rings. The quantitative estimate of drug-likeness (QED) is 0.617. The van der Waals surface area contributed by atoms with Crippen LogP contribution in [0.2, 0.25) is 0 Å². The van der Waals surface area contributed by atoms with Crippen LogP contribution in [0.3, 0.4) is 0 Å². The summed E-state index contributed by atoms with van der Waals surface area (Å²) in [6.45, 7) is 0.958. The fourth-order valence-corrected chi connectivity index (χ4v) is 6.16. The van der Waals surface area contributed by atoms with Crippen molar-refractivity contribution in [2.45, 2.75) is 82.3 Å². The molecule has 3 saturated carbocycles. The third-order valence-electron chi connectivity index (χ3n) is 7.27. The van der Waals surface area contributed by atoms with E-state index in [4.69, 9.17) is 10.6 Å². The zero-order valence-electron chi connectivity index (χ0n) is 13.4. The molecule has 21 heavy (non-hydrogen) atoms. The van der Waals surface area contributed by atoms with E-state index in [1.54, 1.807) is 0 Å². The van der Waals surface area contributed by atoms with Gasteiger partial charge in [-0.25, -0.2) is 0 Å². The molecule has 5 atom stereocenters. The third kappa shape index (κ3) is 2.77. The minimum atomic E-state index is 0.229. The van der Waals surface area contributed by atoms with E-state index in [1.807, 2.05) is 0 Å². The van der Waals surface area contributed by atoms with E-state index in [9.17, 15) is 0 Å². The van der Waals surface area contributed by atoms with Crippen molar-refractivity contribution in [3.8, 4) is 0 Å². The van der Waals surface area contributed by atoms with Crippen LogP contribution in [0.4, 0.5) is 0 Å². The highest BCUT2D eigenvalue weighted by Gasteiger charge is 2.44. The topological polar surface area (TPSA) is 47.3 Å². The van der Waals surface area contributed by atoms with Crippen LogP contribution in [-0.2, 0) is 4.74 Å². The standard InChI is InChI=1S/C18H32N2O/c19-20-17(11-16-10-13-3-4-14(16)9-13)15-5-8-21-18(12-15)6-1-2-7-18/h13-17,20H,1-12,19H2. The second kappa shape index (κ2) is 5.82. The van der Waals surface area contributed by atoms with Crippen LogP contribution >= 0.6 is 0 Å². The second-order valence-electron chi connectivity index (χ2n) is 8.44. The molecule has 3 N–H and O–H groups in total. The molecule has 3 aliphatic carbocycles. The normalized spacial score (nSPS) is 42.7. The Labute approximate surface area is 129 Å². The third-order valence-corrected chi connectivity index (χ3v) is 7.27. The summed E-state index contributed by atoms with van der Waals surface area (Å²) < 4.78 is 6.20. The molecule has 2 bridgehead atoms. The molecular formula is C18H32N2O. The number of hydrogen-bond acceptors (Lipinski definition) is 3. The predicted octanol–water partition coefficient (Wildman–Crippen LogP) is 3.38. The lowest BCUT2D eigenvalue weighted by Crippen LogP contribution is -2.48. The summed E-state index contributed by atoms with van der Waals surface area (Å²) in [4.78, 5) is 0. The lowest BCUT2D eigenvalue weighted by atomic mass is 9.76. The fourth-order valence-electron chi connectivity index (χ4n) is 6.16. The van der Waals surface area contributed by atoms with Gasteiger partial charge in [0.1, 0.15) is 0 Å². The number of hydrogen-bond donors (Lipinski definition) is 2. The van der Waals surface area contributed by atoms with Gasteiger partial charge in [0.15, 0.2) is 0 Å². The van der Waals surface area contributed by atoms with Gasteiger partial charge in [-0.3, -0.25) is 11.3 Å². The molecule has 4 fully saturated rings. The van der Waals surface area contributed by atoms with Gasteiger partial charge in [-0.05, 0) is 75.0 Å². The largest absolute Gasteiger partial charge is 0.375 e. The summed E-state index contributed by atoms with van der Waals surface area (Å²) >= 11 is 0. The van der Waals surface area contributed by atoms with Gasteiger partial charge in [-0.15, -0.1) is 0 Å². The molecule has 0 aromatic heterocycles. The molecule has 0 aromatic carbocycles. The summed E-state index contributed by atoms with van der Waals surface area (Å²) in [5.41, 5.74) is 3.44. The monoisotopic (exact) mass is 292 g/mol. The Balaban J connectivity index is 1.38. The number of fused-ring (bicyclic) bond motifs is 2. The summed E-state index contributed by atoms with van der Waals surface area (Å²) in [6, 6.07) is 0.524. The van der Waals surface area contributed by atoms with Crippen molar-refractivity contribution in [1.82, 2.24) is 5.43 Å². The molecule has 120 valence electrons. The Hall–Kier alpha value is -0.120. The van der Waals surface area contributed by atoms with Crippen molar-refractivity contribution in [1.29, 1.82) is 0 Å². The first-order chi connectivity index (χ1) is 10.3. The molecule has 3 heteroatoms. The highest BCUT2D eigenvalue weighted by molar-refractivity contribution is 4.97. The smallest absolute Gasteiger partial charge is 0.0685 e. The summed E-state index contributed by atoms with van der Waals surface area (Å²) in [6.07, 6.45) is 15.1. The van der Waals surface area contributed by atoms with E-state index in [0.29, 0.717) is 6.04 Å². The molecule has 1 spiro atoms. The molecule has 1 saturated heterocycles. The number of hydrazine groups is 1. The van der Waals surface area contributed by atoms with Gasteiger partial charge in [0.2, 0.25) is 0 Å². The lowest BCUT2D eigenvalue weighted by molar-refractivity contribution is -0.0992. The second-order valence-corrected chi connectivity index (χ2v) is 8.44. The highest BCUT2D eigenvalue weighted by atomic mass is 16.5. The Bertz CT molecular complexity index is 366. The molecular weight excluding hydrogens is 260 g/mol. The van der Waals surface area contributed by atoms with Gasteiger partial charge in [0.25, 0.3) is 0 Å². The van der Waals surface area contributed by atoms with Crippen molar-refractivity contribution < 1.29 is 4.74 Å². The average molecular weight is 292 g/mol. The van der Waals surface area contributed by atoms with Crippen molar-refractivity contribution in [2.24, 2.45) is 29.5 Å². The van der Waals surface area contributed by atoms with Gasteiger partial charge in [-0.1, -0.05) is 19.3 Å². The number of nitrogens with one attached hydrogen (secondary N) is 1. The van der Waals surface area contributed by atoms with Gasteiger partial charge < -0.3 is 4.74 Å². The van der Waals surface area contributed by atoms with E-state index < -0.39 is 0 Å². The molecule has 0 aromatic rings. The molecule has 3 nitrogen and oxygen atoms in total. The van der Waals surface area contributed by atoms with Crippen LogP contribution in [-0.4, -0.2) is 18.2 Å². The molecule has 1 aliphatic heterocycles. The number of nitrogens with two attached hydrogens (primary N) is 1. The first-order valence-electron chi connectivity index (χ1n) is 9.38. The van der Waals surface area contributed by atoms with Crippen LogP contribution < -0.4 is 11.3 Å². The maximum absolute atomic E-state index is 6.20. The molecule has 0 amide bonds. The zero-order valence-corrected chi connectivity index (χ0v) is 13.4. The van der Waals surface area contributed by atoms with Crippen molar-refractivity contribution in [3.63, 3.8) is 0 Å². The van der Waals surface area contributed by atoms with Crippen LogP contribution in [0.1, 0.15) is 70.6 Å². The first kappa shape index (κ1) is 14.5. The van der Waals surface area contributed by atoms with E-state index in [-0.39, 0.29) is 5.60 Å². The average Bonchev–Trinajstić information content (AvgIpc) is 3.22. The van der Waals surface area contributed by atoms with Gasteiger partial charge in [0.05, 0.1) is 5.60 Å². The van der Waals surface area contributed by atoms with Crippen molar-refractivity contribution in [2.75, 3.05) is 6.61 Å². The molecule has 1 heterocycles. The van der Waals surface area contributed by atoms with Crippen LogP contribution in [0.25, 0.3) is 0 Å². The Morgan fingerprint density at radius 3 is 2.67 bits per heavy atom. The zero-order chi connectivity index (χ0) is 14.3. The summed E-state index contributed by atoms with van der Waals surface area (Å²) in [7, 11) is 0. The number of rotatable bonds is 4. The van der Waals surface area contributed by atoms with E-state index in [1.165, 1.54) is 70.6 Å². The van der Waals surface area contributed by atoms with Crippen LogP contribution in [0.5, 0.6) is 0 Å². The van der Waals surface area contributed by atoms with E-state index in [2.05, 4.69) is 5.43 Å². The predicted molar refractivity (Wildman–Crippen MR) is 84.5 cm³/mol. The highest BCUT2D eigenvalue weighted by Crippen LogP contribution is 2.51. The van der Waals surface area contributed by atoms with E-state index >= 15 is 0 Å². The Morgan fingerprint density at radius 1 is 1.14 bits per heavy atom. The maximum atomic E-state index is 6.20. The fraction of sp³-hybridized carbons (Fsp3) is 1.00. The van der Waals surface area contributed by atoms with Gasteiger partial charge in [0, 0.05) is 12.6 Å². The summed E-state index contributed by atoms with van der Waals surface area (Å²) in [5.74, 6) is 9.73. The minimum Gasteiger partial charge on any atom is -0.375 e. The molecule has 5 unspecified atom stereocenters. The van der Waals surface area contributed by atoms with E-state index in [0.717, 1.165) is 30.3 Å². The van der Waals surface area contributed by atoms with Crippen LogP contribution in [0, 0.1) is 23.7 Å². The van der Waals surface area contributed by atoms with Crippen molar-refractivity contribution in [3.05, 3.63) is 0 Å². The molecule has 0 radical (unpaired) electrons. The van der Waals surface area contributed by atoms with Gasteiger partial charge in [-0.2, -0.15) is 0 Å². The first-order valence-corrected chi connectivity index (χ1v) is 9.38. The SMILES string of the molecule is NNC(CC1CC2CCC1C2)C1CCOC2(CCCC2)C1. The number of ether oxygens (including phenoxy) is 1. The maximum Gasteiger partial charge on any atom is 0.0685 e. The van der Waals surface area contributed by atoms with Gasteiger partial charge >= 0.3 is 0 Å². The Morgan fingerprint density at radius 2 is 2.00 bits per heavy atom. The molecule has 4 rings (SSSR count). The van der Waals surface area contributed by atoms with Crippen molar-refractivity contribution >= 4 is 0 Å². The van der Waals surface area contributed by atoms with Crippen LogP contribution in [0.15, 0.2) is 0 Å². The minimum absolute atomic E-state index is 0.229. The lowest BCUT2D eigenvalue weighted by Gasteiger charge is -2.42. The summed E-state index contributed by atoms with van der Waals surface area (Å²) in [5, 5.41) is 0.